The number of phenolic OH excluding ortho intramolecular Hbond substituents is 2. The maximum atomic E-state index is 11.7. The molecule has 0 heterocycles. The third-order valence-corrected chi connectivity index (χ3v) is 2.20. The van der Waals surface area contributed by atoms with E-state index in [1.807, 2.05) is 0 Å². The summed E-state index contributed by atoms with van der Waals surface area (Å²) < 4.78 is 0. The number of hydrogen-bond donors (Lipinski definition) is 4. The lowest BCUT2D eigenvalue weighted by molar-refractivity contribution is -0.143. The van der Waals surface area contributed by atoms with Gasteiger partial charge in [-0.3, -0.25) is 4.79 Å². The summed E-state index contributed by atoms with van der Waals surface area (Å²) in [5.74, 6) is -2.61. The highest BCUT2D eigenvalue weighted by molar-refractivity contribution is 5.98. The number of hydrogen-bond acceptors (Lipinski definition) is 4. The Hall–Kier alpha value is -2.24. The van der Waals surface area contributed by atoms with Crippen LogP contribution in [0.15, 0.2) is 18.2 Å². The summed E-state index contributed by atoms with van der Waals surface area (Å²) in [6, 6.07) is 3.49. The zero-order chi connectivity index (χ0) is 13.2. The summed E-state index contributed by atoms with van der Waals surface area (Å²) in [4.78, 5) is 22.5. The van der Waals surface area contributed by atoms with Crippen molar-refractivity contribution < 1.29 is 24.9 Å². The molecule has 6 heteroatoms. The van der Waals surface area contributed by atoms with E-state index in [-0.39, 0.29) is 11.3 Å². The predicted molar refractivity (Wildman–Crippen MR) is 59.0 cm³/mol. The van der Waals surface area contributed by atoms with Crippen LogP contribution in [0.25, 0.3) is 0 Å². The van der Waals surface area contributed by atoms with Gasteiger partial charge in [0.1, 0.15) is 5.54 Å². The summed E-state index contributed by atoms with van der Waals surface area (Å²) in [7, 11) is 0. The number of carboxylic acid groups (broad SMARTS) is 1. The van der Waals surface area contributed by atoms with Gasteiger partial charge < -0.3 is 20.6 Å². The second kappa shape index (κ2) is 4.32. The van der Waals surface area contributed by atoms with Crippen molar-refractivity contribution in [2.24, 2.45) is 0 Å². The zero-order valence-corrected chi connectivity index (χ0v) is 9.39. The minimum Gasteiger partial charge on any atom is -0.504 e. The first-order chi connectivity index (χ1) is 7.74. The van der Waals surface area contributed by atoms with Crippen LogP contribution in [0.3, 0.4) is 0 Å². The lowest BCUT2D eigenvalue weighted by Gasteiger charge is -2.20. The summed E-state index contributed by atoms with van der Waals surface area (Å²) in [6.45, 7) is 2.68. The number of aliphatic carboxylic acids is 1. The first-order valence-electron chi connectivity index (χ1n) is 4.82. The molecule has 0 radical (unpaired) electrons. The van der Waals surface area contributed by atoms with Gasteiger partial charge in [0.05, 0.1) is 0 Å². The molecule has 0 unspecified atom stereocenters. The number of phenols is 2. The van der Waals surface area contributed by atoms with Crippen molar-refractivity contribution in [3.63, 3.8) is 0 Å². The van der Waals surface area contributed by atoms with Crippen molar-refractivity contribution in [2.45, 2.75) is 19.4 Å². The highest BCUT2D eigenvalue weighted by Gasteiger charge is 2.29. The van der Waals surface area contributed by atoms with E-state index in [1.165, 1.54) is 19.9 Å². The van der Waals surface area contributed by atoms with Gasteiger partial charge in [0, 0.05) is 5.56 Å². The second-order valence-electron chi connectivity index (χ2n) is 4.09. The fourth-order valence-electron chi connectivity index (χ4n) is 1.07. The number of carbonyl (C=O) groups is 2. The van der Waals surface area contributed by atoms with Crippen LogP contribution >= 0.6 is 0 Å². The lowest BCUT2D eigenvalue weighted by atomic mass is 10.1. The molecule has 0 saturated heterocycles. The van der Waals surface area contributed by atoms with Gasteiger partial charge in [-0.15, -0.1) is 0 Å². The van der Waals surface area contributed by atoms with E-state index < -0.39 is 23.2 Å². The van der Waals surface area contributed by atoms with E-state index in [1.54, 1.807) is 0 Å². The topological polar surface area (TPSA) is 107 Å². The Morgan fingerprint density at radius 3 is 2.24 bits per heavy atom. The number of carboxylic acids is 1. The van der Waals surface area contributed by atoms with E-state index >= 15 is 0 Å². The standard InChI is InChI=1S/C11H13NO5/c1-11(2,10(16)17)12-9(15)6-3-4-7(13)8(14)5-6/h3-5,13-14H,1-2H3,(H,12,15)(H,16,17). The molecule has 1 amide bonds. The van der Waals surface area contributed by atoms with Crippen LogP contribution in [0, 0.1) is 0 Å². The molecule has 0 aromatic heterocycles. The molecule has 17 heavy (non-hydrogen) atoms. The Morgan fingerprint density at radius 2 is 1.76 bits per heavy atom. The van der Waals surface area contributed by atoms with Gasteiger partial charge in [0.25, 0.3) is 5.91 Å². The van der Waals surface area contributed by atoms with Crippen molar-refractivity contribution in [3.8, 4) is 11.5 Å². The third kappa shape index (κ3) is 2.87. The Labute approximate surface area is 97.5 Å². The number of nitrogens with one attached hydrogen (secondary N) is 1. The van der Waals surface area contributed by atoms with Crippen LogP contribution in [0.5, 0.6) is 11.5 Å². The van der Waals surface area contributed by atoms with Gasteiger partial charge in [-0.25, -0.2) is 4.79 Å². The third-order valence-electron chi connectivity index (χ3n) is 2.20. The smallest absolute Gasteiger partial charge is 0.328 e. The Bertz CT molecular complexity index is 467. The average Bonchev–Trinajstić information content (AvgIpc) is 2.21. The van der Waals surface area contributed by atoms with Crippen LogP contribution in [-0.4, -0.2) is 32.7 Å². The van der Waals surface area contributed by atoms with E-state index in [4.69, 9.17) is 10.2 Å². The summed E-state index contributed by atoms with van der Waals surface area (Å²) in [6.07, 6.45) is 0. The van der Waals surface area contributed by atoms with Crippen LogP contribution in [0.4, 0.5) is 0 Å². The van der Waals surface area contributed by atoms with Gasteiger partial charge in [0.15, 0.2) is 11.5 Å². The largest absolute Gasteiger partial charge is 0.504 e. The first kappa shape index (κ1) is 12.8. The fraction of sp³-hybridized carbons (Fsp3) is 0.273. The van der Waals surface area contributed by atoms with Crippen molar-refractivity contribution in [1.29, 1.82) is 0 Å². The summed E-state index contributed by atoms with van der Waals surface area (Å²) in [5.41, 5.74) is -1.35. The number of amides is 1. The van der Waals surface area contributed by atoms with Crippen LogP contribution in [-0.2, 0) is 4.79 Å². The molecular formula is C11H13NO5. The van der Waals surface area contributed by atoms with Crippen LogP contribution < -0.4 is 5.32 Å². The molecule has 1 rings (SSSR count). The maximum Gasteiger partial charge on any atom is 0.328 e. The van der Waals surface area contributed by atoms with Gasteiger partial charge in [-0.1, -0.05) is 0 Å². The van der Waals surface area contributed by atoms with Crippen LogP contribution in [0.2, 0.25) is 0 Å². The van der Waals surface area contributed by atoms with E-state index in [0.29, 0.717) is 0 Å². The minimum atomic E-state index is -1.41. The lowest BCUT2D eigenvalue weighted by Crippen LogP contribution is -2.49. The van der Waals surface area contributed by atoms with Crippen molar-refractivity contribution >= 4 is 11.9 Å². The van der Waals surface area contributed by atoms with E-state index in [2.05, 4.69) is 5.32 Å². The number of aromatic hydroxyl groups is 2. The normalized spacial score (nSPS) is 10.9. The van der Waals surface area contributed by atoms with E-state index in [0.717, 1.165) is 12.1 Å². The van der Waals surface area contributed by atoms with Gasteiger partial charge in [0.2, 0.25) is 0 Å². The molecule has 0 atom stereocenters. The number of rotatable bonds is 3. The molecule has 0 saturated carbocycles. The van der Waals surface area contributed by atoms with E-state index in [9.17, 15) is 14.7 Å². The van der Waals surface area contributed by atoms with Crippen LogP contribution in [0.1, 0.15) is 24.2 Å². The Kier molecular flexibility index (Phi) is 3.26. The highest BCUT2D eigenvalue weighted by Crippen LogP contribution is 2.24. The quantitative estimate of drug-likeness (QED) is 0.580. The molecule has 0 aliphatic carbocycles. The minimum absolute atomic E-state index is 0.0645. The zero-order valence-electron chi connectivity index (χ0n) is 9.39. The molecule has 0 bridgehead atoms. The molecule has 1 aromatic rings. The molecule has 92 valence electrons. The average molecular weight is 239 g/mol. The molecule has 1 aromatic carbocycles. The summed E-state index contributed by atoms with van der Waals surface area (Å²) in [5, 5.41) is 29.4. The molecule has 0 spiro atoms. The van der Waals surface area contributed by atoms with Gasteiger partial charge >= 0.3 is 5.97 Å². The molecule has 4 N–H and O–H groups in total. The number of carbonyl (C=O) groups excluding carboxylic acids is 1. The predicted octanol–water partition coefficient (Wildman–Crippen LogP) is 0.691. The Morgan fingerprint density at radius 1 is 1.18 bits per heavy atom. The first-order valence-corrected chi connectivity index (χ1v) is 4.82. The molecule has 6 nitrogen and oxygen atoms in total. The molecule has 0 aliphatic rings. The Balaban J connectivity index is 2.91. The molecule has 0 fully saturated rings. The van der Waals surface area contributed by atoms with Crippen molar-refractivity contribution in [2.75, 3.05) is 0 Å². The monoisotopic (exact) mass is 239 g/mol. The second-order valence-corrected chi connectivity index (χ2v) is 4.09. The molecular weight excluding hydrogens is 226 g/mol. The van der Waals surface area contributed by atoms with Gasteiger partial charge in [-0.2, -0.15) is 0 Å². The van der Waals surface area contributed by atoms with Gasteiger partial charge in [-0.05, 0) is 32.0 Å². The maximum absolute atomic E-state index is 11.7. The fourth-order valence-corrected chi connectivity index (χ4v) is 1.07. The number of benzene rings is 1. The summed E-state index contributed by atoms with van der Waals surface area (Å²) >= 11 is 0. The van der Waals surface area contributed by atoms with Crippen molar-refractivity contribution in [3.05, 3.63) is 23.8 Å². The molecule has 0 aliphatic heterocycles. The SMILES string of the molecule is CC(C)(NC(=O)c1ccc(O)c(O)c1)C(=O)O. The van der Waals surface area contributed by atoms with Crippen molar-refractivity contribution in [1.82, 2.24) is 5.32 Å². The highest BCUT2D eigenvalue weighted by atomic mass is 16.4.